The molecule has 0 saturated carbocycles. The van der Waals surface area contributed by atoms with Gasteiger partial charge in [-0.05, 0) is 36.8 Å². The summed E-state index contributed by atoms with van der Waals surface area (Å²) in [4.78, 5) is 15.5. The van der Waals surface area contributed by atoms with Crippen molar-refractivity contribution in [2.24, 2.45) is 0 Å². The molecule has 0 spiro atoms. The highest BCUT2D eigenvalue weighted by Gasteiger charge is 2.16. The first-order valence-electron chi connectivity index (χ1n) is 10.4. The number of hydrogen-bond acceptors (Lipinski definition) is 8. The maximum Gasteiger partial charge on any atom is 0.322 e. The highest BCUT2D eigenvalue weighted by atomic mass is 16.5. The number of H-pyrrole nitrogens is 1. The largest absolute Gasteiger partial charge is 0.496 e. The number of nitriles is 1. The number of fused-ring (bicyclic) bond motifs is 2. The van der Waals surface area contributed by atoms with E-state index in [9.17, 15) is 10.1 Å². The lowest BCUT2D eigenvalue weighted by molar-refractivity contribution is -0.114. The molecule has 0 bridgehead atoms. The molecule has 2 aromatic carbocycles. The van der Waals surface area contributed by atoms with E-state index >= 15 is 0 Å². The van der Waals surface area contributed by atoms with Crippen LogP contribution in [0.2, 0.25) is 0 Å². The number of nitrogens with zero attached hydrogens (tertiary/aromatic N) is 5. The summed E-state index contributed by atoms with van der Waals surface area (Å²) in [7, 11) is 1.65. The molecule has 5 aromatic rings. The van der Waals surface area contributed by atoms with Crippen molar-refractivity contribution in [3.8, 4) is 11.8 Å². The molecule has 0 aliphatic carbocycles. The molecule has 0 radical (unpaired) electrons. The van der Waals surface area contributed by atoms with E-state index < -0.39 is 5.91 Å². The van der Waals surface area contributed by atoms with Crippen molar-refractivity contribution in [1.29, 1.82) is 5.26 Å². The summed E-state index contributed by atoms with van der Waals surface area (Å²) in [5.74, 6) is 0.377. The summed E-state index contributed by atoms with van der Waals surface area (Å²) in [5, 5.41) is 28.9. The van der Waals surface area contributed by atoms with E-state index in [1.54, 1.807) is 17.9 Å². The fourth-order valence-electron chi connectivity index (χ4n) is 3.99. The van der Waals surface area contributed by atoms with Crippen LogP contribution in [0.5, 0.6) is 5.75 Å². The van der Waals surface area contributed by atoms with Gasteiger partial charge < -0.3 is 19.5 Å². The minimum absolute atomic E-state index is 0.00194. The Balaban J connectivity index is 1.47. The van der Waals surface area contributed by atoms with Crippen molar-refractivity contribution in [1.82, 2.24) is 25.0 Å². The topological polar surface area (TPSA) is 147 Å². The van der Waals surface area contributed by atoms with Crippen LogP contribution in [0.25, 0.3) is 21.8 Å². The molecule has 34 heavy (non-hydrogen) atoms. The van der Waals surface area contributed by atoms with E-state index in [-0.39, 0.29) is 12.6 Å². The van der Waals surface area contributed by atoms with Crippen molar-refractivity contribution in [3.63, 3.8) is 0 Å². The number of nitrogens with one attached hydrogen (secondary N) is 3. The summed E-state index contributed by atoms with van der Waals surface area (Å²) < 4.78 is 12.4. The molecule has 0 aliphatic rings. The lowest BCUT2D eigenvalue weighted by Crippen LogP contribution is -2.22. The number of carbonyl (C=O) groups is 1. The first kappa shape index (κ1) is 21.0. The van der Waals surface area contributed by atoms with E-state index in [1.165, 1.54) is 0 Å². The van der Waals surface area contributed by atoms with Crippen molar-refractivity contribution in [2.75, 3.05) is 24.3 Å². The summed E-state index contributed by atoms with van der Waals surface area (Å²) in [6.45, 7) is 2.38. The van der Waals surface area contributed by atoms with Crippen LogP contribution in [-0.2, 0) is 11.3 Å². The van der Waals surface area contributed by atoms with E-state index in [2.05, 4.69) is 31.9 Å². The zero-order valence-electron chi connectivity index (χ0n) is 18.4. The maximum absolute atomic E-state index is 12.2. The van der Waals surface area contributed by atoms with Crippen LogP contribution in [0, 0.1) is 18.3 Å². The normalized spacial score (nSPS) is 11.0. The first-order valence-corrected chi connectivity index (χ1v) is 10.4. The highest BCUT2D eigenvalue weighted by molar-refractivity contribution is 5.97. The summed E-state index contributed by atoms with van der Waals surface area (Å²) in [6, 6.07) is 9.70. The van der Waals surface area contributed by atoms with Gasteiger partial charge in [0.1, 0.15) is 17.3 Å². The van der Waals surface area contributed by atoms with Crippen molar-refractivity contribution >= 4 is 39.4 Å². The van der Waals surface area contributed by atoms with Crippen LogP contribution in [0.1, 0.15) is 16.7 Å². The lowest BCUT2D eigenvalue weighted by atomic mass is 10.0. The van der Waals surface area contributed by atoms with E-state index in [1.807, 2.05) is 37.5 Å². The van der Waals surface area contributed by atoms with Crippen molar-refractivity contribution in [3.05, 3.63) is 59.7 Å². The Labute approximate surface area is 193 Å². The predicted molar refractivity (Wildman–Crippen MR) is 125 cm³/mol. The van der Waals surface area contributed by atoms with E-state index in [0.29, 0.717) is 23.3 Å². The molecule has 0 unspecified atom stereocenters. The molecule has 0 fully saturated rings. The second-order valence-corrected chi connectivity index (χ2v) is 7.65. The number of ether oxygens (including phenoxy) is 1. The molecule has 3 aromatic heterocycles. The molecule has 0 atom stereocenters. The maximum atomic E-state index is 12.2. The van der Waals surface area contributed by atoms with Crippen LogP contribution >= 0.6 is 0 Å². The molecule has 1 amide bonds. The van der Waals surface area contributed by atoms with Gasteiger partial charge in [-0.15, -0.1) is 5.10 Å². The molecule has 11 nitrogen and oxygen atoms in total. The number of methoxy groups -OCH3 is 1. The second kappa shape index (κ2) is 8.59. The number of hydrogen-bond donors (Lipinski definition) is 3. The Morgan fingerprint density at radius 1 is 1.35 bits per heavy atom. The minimum atomic E-state index is -0.399. The van der Waals surface area contributed by atoms with Gasteiger partial charge in [0, 0.05) is 34.2 Å². The molecular weight excluding hydrogens is 436 g/mol. The van der Waals surface area contributed by atoms with Crippen molar-refractivity contribution in [2.45, 2.75) is 13.5 Å². The Kier molecular flexibility index (Phi) is 5.31. The molecule has 5 rings (SSSR count). The fourth-order valence-corrected chi connectivity index (χ4v) is 3.99. The van der Waals surface area contributed by atoms with E-state index in [4.69, 9.17) is 14.3 Å². The number of carbonyl (C=O) groups excluding carboxylic acids is 1. The monoisotopic (exact) mass is 456 g/mol. The summed E-state index contributed by atoms with van der Waals surface area (Å²) >= 11 is 0. The third-order valence-corrected chi connectivity index (χ3v) is 5.53. The third-order valence-electron chi connectivity index (χ3n) is 5.53. The number of anilines is 2. The smallest absolute Gasteiger partial charge is 0.322 e. The van der Waals surface area contributed by atoms with Crippen LogP contribution < -0.4 is 15.4 Å². The van der Waals surface area contributed by atoms with Crippen molar-refractivity contribution < 1.29 is 13.9 Å². The number of aryl methyl sites for hydroxylation is 1. The van der Waals surface area contributed by atoms with Crippen LogP contribution in [0.15, 0.2) is 47.5 Å². The van der Waals surface area contributed by atoms with Gasteiger partial charge in [0.05, 0.1) is 31.5 Å². The second-order valence-electron chi connectivity index (χ2n) is 7.65. The van der Waals surface area contributed by atoms with Gasteiger partial charge in [-0.2, -0.15) is 10.4 Å². The summed E-state index contributed by atoms with van der Waals surface area (Å²) in [6.07, 6.45) is 4.92. The standard InChI is InChI=1S/C23H20N8O3/c1-13-7-18(33-2)17(16-5-6-25-20(13)16)11-31-10-15-4-3-14(8-24)21(22(15)30-31)26-9-19(32)28-23-29-27-12-34-23/h3-7,10,12,25-26H,9,11H2,1-2H3,(H,28,29,32). The minimum Gasteiger partial charge on any atom is -0.496 e. The van der Waals surface area contributed by atoms with Gasteiger partial charge in [0.2, 0.25) is 12.3 Å². The van der Waals surface area contributed by atoms with Gasteiger partial charge in [-0.1, -0.05) is 5.10 Å². The molecular formula is C23H20N8O3. The Hall–Kier alpha value is -4.85. The first-order chi connectivity index (χ1) is 16.6. The van der Waals surface area contributed by atoms with Gasteiger partial charge >= 0.3 is 6.01 Å². The van der Waals surface area contributed by atoms with Crippen LogP contribution in [-0.4, -0.2) is 44.5 Å². The Bertz CT molecular complexity index is 1540. The third kappa shape index (κ3) is 3.77. The molecule has 3 heterocycles. The fraction of sp³-hybridized carbons (Fsp3) is 0.174. The summed E-state index contributed by atoms with van der Waals surface area (Å²) in [5.41, 5.74) is 4.57. The number of aromatic nitrogens is 5. The van der Waals surface area contributed by atoms with Gasteiger partial charge in [-0.25, -0.2) is 0 Å². The highest BCUT2D eigenvalue weighted by Crippen LogP contribution is 2.32. The molecule has 3 N–H and O–H groups in total. The average Bonchev–Trinajstić information content (AvgIpc) is 3.59. The van der Waals surface area contributed by atoms with Crippen LogP contribution in [0.3, 0.4) is 0 Å². The molecule has 11 heteroatoms. The lowest BCUT2D eigenvalue weighted by Gasteiger charge is -2.12. The SMILES string of the molecule is COc1cc(C)c2[nH]ccc2c1Cn1cc2ccc(C#N)c(NCC(=O)Nc3nnco3)c2n1. The number of benzene rings is 2. The predicted octanol–water partition coefficient (Wildman–Crippen LogP) is 3.19. The van der Waals surface area contributed by atoms with Gasteiger partial charge in [0.15, 0.2) is 0 Å². The Morgan fingerprint density at radius 3 is 3.00 bits per heavy atom. The number of rotatable bonds is 7. The van der Waals surface area contributed by atoms with Gasteiger partial charge in [0.25, 0.3) is 0 Å². The Morgan fingerprint density at radius 2 is 2.24 bits per heavy atom. The molecule has 0 aliphatic heterocycles. The average molecular weight is 456 g/mol. The van der Waals surface area contributed by atoms with E-state index in [0.717, 1.165) is 39.6 Å². The quantitative estimate of drug-likeness (QED) is 0.338. The van der Waals surface area contributed by atoms with Crippen LogP contribution in [0.4, 0.5) is 11.7 Å². The zero-order valence-corrected chi connectivity index (χ0v) is 18.4. The number of amides is 1. The number of aromatic amines is 1. The molecule has 0 saturated heterocycles. The van der Waals surface area contributed by atoms with Gasteiger partial charge in [-0.3, -0.25) is 14.8 Å². The molecule has 170 valence electrons. The zero-order chi connectivity index (χ0) is 23.7.